The van der Waals surface area contributed by atoms with E-state index in [1.165, 1.54) is 31.3 Å². The fraction of sp³-hybridized carbons (Fsp3) is 0.304. The molecule has 7 nitrogen and oxygen atoms in total. The second-order valence-electron chi connectivity index (χ2n) is 7.44. The van der Waals surface area contributed by atoms with Gasteiger partial charge in [-0.1, -0.05) is 0 Å². The minimum atomic E-state index is -0.779. The summed E-state index contributed by atoms with van der Waals surface area (Å²) >= 11 is 0. The van der Waals surface area contributed by atoms with E-state index in [1.807, 2.05) is 12.1 Å². The van der Waals surface area contributed by atoms with Crippen molar-refractivity contribution in [2.24, 2.45) is 0 Å². The van der Waals surface area contributed by atoms with Crippen molar-refractivity contribution >= 4 is 17.3 Å². The number of nitrogens with zero attached hydrogens (tertiary/aromatic N) is 3. The van der Waals surface area contributed by atoms with Crippen LogP contribution in [0.1, 0.15) is 11.1 Å². The summed E-state index contributed by atoms with van der Waals surface area (Å²) in [5.41, 5.74) is 2.11. The van der Waals surface area contributed by atoms with Crippen LogP contribution < -0.4 is 25.0 Å². The number of benzene rings is 2. The SMILES string of the molecule is COc1cc(C)c(F)c(COc2cnc(Nc3ccc(N4CCNCC4)cc3)nc2)c1F. The van der Waals surface area contributed by atoms with Gasteiger partial charge in [-0.2, -0.15) is 0 Å². The Morgan fingerprint density at radius 1 is 1.06 bits per heavy atom. The van der Waals surface area contributed by atoms with Crippen LogP contribution in [0.25, 0.3) is 0 Å². The summed E-state index contributed by atoms with van der Waals surface area (Å²) < 4.78 is 39.1. The van der Waals surface area contributed by atoms with Crippen LogP contribution in [0.4, 0.5) is 26.1 Å². The molecule has 2 aromatic carbocycles. The number of aromatic nitrogens is 2. The number of nitrogens with one attached hydrogen (secondary N) is 2. The molecule has 0 atom stereocenters. The molecule has 0 amide bonds. The molecule has 0 radical (unpaired) electrons. The van der Waals surface area contributed by atoms with Gasteiger partial charge in [0.2, 0.25) is 5.95 Å². The van der Waals surface area contributed by atoms with Gasteiger partial charge in [0.15, 0.2) is 17.3 Å². The number of methoxy groups -OCH3 is 1. The van der Waals surface area contributed by atoms with Gasteiger partial charge < -0.3 is 25.0 Å². The maximum absolute atomic E-state index is 14.4. The second kappa shape index (κ2) is 9.78. The van der Waals surface area contributed by atoms with E-state index in [2.05, 4.69) is 37.6 Å². The molecule has 4 rings (SSSR count). The number of piperazine rings is 1. The van der Waals surface area contributed by atoms with Crippen LogP contribution in [0.3, 0.4) is 0 Å². The highest BCUT2D eigenvalue weighted by molar-refractivity contribution is 5.59. The number of ether oxygens (including phenoxy) is 2. The third kappa shape index (κ3) is 4.88. The summed E-state index contributed by atoms with van der Waals surface area (Å²) in [5.74, 6) is -0.780. The summed E-state index contributed by atoms with van der Waals surface area (Å²) in [6.07, 6.45) is 2.90. The summed E-state index contributed by atoms with van der Waals surface area (Å²) in [5, 5.41) is 6.47. The molecule has 9 heteroatoms. The first-order chi connectivity index (χ1) is 15.5. The lowest BCUT2D eigenvalue weighted by Crippen LogP contribution is -2.43. The van der Waals surface area contributed by atoms with E-state index < -0.39 is 11.6 Å². The predicted molar refractivity (Wildman–Crippen MR) is 119 cm³/mol. The van der Waals surface area contributed by atoms with Gasteiger partial charge in [0, 0.05) is 37.6 Å². The molecule has 0 spiro atoms. The predicted octanol–water partition coefficient (Wildman–Crippen LogP) is 3.80. The largest absolute Gasteiger partial charge is 0.494 e. The van der Waals surface area contributed by atoms with Crippen LogP contribution in [0.5, 0.6) is 11.5 Å². The van der Waals surface area contributed by atoms with Crippen molar-refractivity contribution in [3.05, 3.63) is 65.5 Å². The lowest BCUT2D eigenvalue weighted by Gasteiger charge is -2.29. The molecule has 1 aliphatic rings. The summed E-state index contributed by atoms with van der Waals surface area (Å²) in [4.78, 5) is 10.8. The first kappa shape index (κ1) is 21.8. The highest BCUT2D eigenvalue weighted by Gasteiger charge is 2.18. The first-order valence-electron chi connectivity index (χ1n) is 10.3. The van der Waals surface area contributed by atoms with Gasteiger partial charge in [-0.3, -0.25) is 0 Å². The molecule has 2 heterocycles. The fourth-order valence-electron chi connectivity index (χ4n) is 3.50. The summed E-state index contributed by atoms with van der Waals surface area (Å²) in [6.45, 7) is 5.18. The van der Waals surface area contributed by atoms with E-state index in [1.54, 1.807) is 6.92 Å². The molecule has 1 saturated heterocycles. The lowest BCUT2D eigenvalue weighted by molar-refractivity contribution is 0.285. The molecule has 2 N–H and O–H groups in total. The van der Waals surface area contributed by atoms with Crippen molar-refractivity contribution in [1.82, 2.24) is 15.3 Å². The molecule has 168 valence electrons. The zero-order valence-electron chi connectivity index (χ0n) is 18.0. The van der Waals surface area contributed by atoms with Crippen LogP contribution >= 0.6 is 0 Å². The molecule has 0 aliphatic carbocycles. The van der Waals surface area contributed by atoms with Crippen molar-refractivity contribution < 1.29 is 18.3 Å². The molecule has 1 aromatic heterocycles. The van der Waals surface area contributed by atoms with Gasteiger partial charge in [0.1, 0.15) is 12.4 Å². The second-order valence-corrected chi connectivity index (χ2v) is 7.44. The van der Waals surface area contributed by atoms with E-state index in [0.717, 1.165) is 31.9 Å². The Bertz CT molecular complexity index is 1060. The highest BCUT2D eigenvalue weighted by Crippen LogP contribution is 2.27. The minimum absolute atomic E-state index is 0.0266. The van der Waals surface area contributed by atoms with Crippen LogP contribution in [0, 0.1) is 18.6 Å². The van der Waals surface area contributed by atoms with Gasteiger partial charge >= 0.3 is 0 Å². The number of hydrogen-bond donors (Lipinski definition) is 2. The van der Waals surface area contributed by atoms with Crippen molar-refractivity contribution in [2.45, 2.75) is 13.5 Å². The lowest BCUT2D eigenvalue weighted by atomic mass is 10.1. The normalized spacial score (nSPS) is 13.7. The Labute approximate surface area is 185 Å². The van der Waals surface area contributed by atoms with E-state index >= 15 is 0 Å². The maximum Gasteiger partial charge on any atom is 0.227 e. The smallest absolute Gasteiger partial charge is 0.227 e. The maximum atomic E-state index is 14.4. The zero-order valence-corrected chi connectivity index (χ0v) is 18.0. The molecule has 0 unspecified atom stereocenters. The number of hydrogen-bond acceptors (Lipinski definition) is 7. The highest BCUT2D eigenvalue weighted by atomic mass is 19.1. The van der Waals surface area contributed by atoms with Crippen LogP contribution in [0.2, 0.25) is 0 Å². The quantitative estimate of drug-likeness (QED) is 0.578. The number of halogens is 2. The third-order valence-electron chi connectivity index (χ3n) is 5.28. The summed E-state index contributed by atoms with van der Waals surface area (Å²) in [7, 11) is 1.33. The number of aryl methyl sites for hydroxylation is 1. The van der Waals surface area contributed by atoms with Gasteiger partial charge in [0.05, 0.1) is 25.1 Å². The average Bonchev–Trinajstić information content (AvgIpc) is 2.83. The van der Waals surface area contributed by atoms with E-state index in [-0.39, 0.29) is 23.5 Å². The van der Waals surface area contributed by atoms with E-state index in [0.29, 0.717) is 11.7 Å². The van der Waals surface area contributed by atoms with Gasteiger partial charge in [-0.15, -0.1) is 0 Å². The van der Waals surface area contributed by atoms with E-state index in [9.17, 15) is 8.78 Å². The Morgan fingerprint density at radius 2 is 1.75 bits per heavy atom. The molecular weight excluding hydrogens is 416 g/mol. The van der Waals surface area contributed by atoms with Crippen LogP contribution in [-0.4, -0.2) is 43.3 Å². The first-order valence-corrected chi connectivity index (χ1v) is 10.3. The van der Waals surface area contributed by atoms with Gasteiger partial charge in [0.25, 0.3) is 0 Å². The minimum Gasteiger partial charge on any atom is -0.494 e. The Hall–Kier alpha value is -3.46. The fourth-order valence-corrected chi connectivity index (χ4v) is 3.50. The molecule has 3 aromatic rings. The Morgan fingerprint density at radius 3 is 2.41 bits per heavy atom. The van der Waals surface area contributed by atoms with Crippen molar-refractivity contribution in [2.75, 3.05) is 43.5 Å². The molecule has 0 bridgehead atoms. The molecule has 32 heavy (non-hydrogen) atoms. The monoisotopic (exact) mass is 441 g/mol. The Balaban J connectivity index is 1.37. The average molecular weight is 441 g/mol. The topological polar surface area (TPSA) is 71.5 Å². The van der Waals surface area contributed by atoms with Crippen LogP contribution in [0.15, 0.2) is 42.7 Å². The Kier molecular flexibility index (Phi) is 6.65. The standard InChI is InChI=1S/C23H25F2N5O2/c1-15-11-20(31-2)22(25)19(21(15)24)14-32-18-12-27-23(28-13-18)29-16-3-5-17(6-4-16)30-9-7-26-8-10-30/h3-6,11-13,26H,7-10,14H2,1-2H3,(H,27,28,29). The van der Waals surface area contributed by atoms with E-state index in [4.69, 9.17) is 9.47 Å². The molecule has 1 aliphatic heterocycles. The van der Waals surface area contributed by atoms with Gasteiger partial charge in [-0.25, -0.2) is 18.7 Å². The molecule has 1 fully saturated rings. The van der Waals surface area contributed by atoms with Crippen molar-refractivity contribution in [1.29, 1.82) is 0 Å². The number of rotatable bonds is 7. The molecule has 0 saturated carbocycles. The third-order valence-corrected chi connectivity index (χ3v) is 5.28. The van der Waals surface area contributed by atoms with Crippen molar-refractivity contribution in [3.8, 4) is 11.5 Å². The zero-order chi connectivity index (χ0) is 22.5. The van der Waals surface area contributed by atoms with Gasteiger partial charge in [-0.05, 0) is 42.8 Å². The summed E-state index contributed by atoms with van der Waals surface area (Å²) in [6, 6.07) is 9.38. The van der Waals surface area contributed by atoms with Crippen LogP contribution in [-0.2, 0) is 6.61 Å². The number of anilines is 3. The molecular formula is C23H25F2N5O2. The van der Waals surface area contributed by atoms with Crippen molar-refractivity contribution in [3.63, 3.8) is 0 Å².